The fourth-order valence-electron chi connectivity index (χ4n) is 3.04. The molecule has 0 unspecified atom stereocenters. The van der Waals surface area contributed by atoms with Crippen LogP contribution < -0.4 is 10.1 Å². The minimum atomic E-state index is -0.432. The number of piperidine rings is 1. The van der Waals surface area contributed by atoms with Gasteiger partial charge in [0.2, 0.25) is 0 Å². The average molecular weight is 334 g/mol. The first kappa shape index (κ1) is 17.0. The summed E-state index contributed by atoms with van der Waals surface area (Å²) >= 11 is 0. The molecule has 0 atom stereocenters. The fraction of sp³-hybridized carbons (Fsp3) is 0.611. The van der Waals surface area contributed by atoms with E-state index >= 15 is 0 Å². The summed E-state index contributed by atoms with van der Waals surface area (Å²) in [5, 5.41) is 2.95. The van der Waals surface area contributed by atoms with Gasteiger partial charge in [-0.05, 0) is 25.5 Å². The van der Waals surface area contributed by atoms with Crippen molar-refractivity contribution in [3.63, 3.8) is 0 Å². The van der Waals surface area contributed by atoms with Crippen molar-refractivity contribution in [2.45, 2.75) is 32.0 Å². The van der Waals surface area contributed by atoms with Gasteiger partial charge in [0.1, 0.15) is 5.75 Å². The number of aryl methyl sites for hydroxylation is 1. The lowest BCUT2D eigenvalue weighted by atomic mass is 10.0. The molecule has 0 aliphatic carbocycles. The molecule has 2 amide bonds. The van der Waals surface area contributed by atoms with Gasteiger partial charge in [0.25, 0.3) is 0 Å². The van der Waals surface area contributed by atoms with Crippen LogP contribution in [0.2, 0.25) is 0 Å². The van der Waals surface area contributed by atoms with Crippen molar-refractivity contribution in [1.29, 1.82) is 0 Å². The van der Waals surface area contributed by atoms with E-state index in [0.717, 1.165) is 25.0 Å². The molecule has 132 valence electrons. The number of hydrogen-bond donors (Lipinski definition) is 1. The Kier molecular flexibility index (Phi) is 5.58. The summed E-state index contributed by atoms with van der Waals surface area (Å²) in [5.41, 5.74) is 1.21. The summed E-state index contributed by atoms with van der Waals surface area (Å²) in [6.45, 7) is 5.91. The number of carbonyl (C=O) groups excluding carboxylic acids is 1. The van der Waals surface area contributed by atoms with E-state index in [0.29, 0.717) is 39.5 Å². The molecule has 24 heavy (non-hydrogen) atoms. The number of nitrogens with one attached hydrogen (secondary N) is 1. The van der Waals surface area contributed by atoms with Gasteiger partial charge in [-0.15, -0.1) is 0 Å². The number of urea groups is 1. The Labute approximate surface area is 143 Å². The quantitative estimate of drug-likeness (QED) is 0.840. The van der Waals surface area contributed by atoms with Crippen molar-refractivity contribution in [2.24, 2.45) is 0 Å². The molecular formula is C18H26N2O4. The molecule has 0 bridgehead atoms. The number of carbonyl (C=O) groups is 1. The Balaban J connectivity index is 1.29. The zero-order valence-corrected chi connectivity index (χ0v) is 14.3. The molecule has 0 radical (unpaired) electrons. The van der Waals surface area contributed by atoms with Gasteiger partial charge in [0.05, 0.1) is 19.8 Å². The lowest BCUT2D eigenvalue weighted by molar-refractivity contribution is -0.181. The summed E-state index contributed by atoms with van der Waals surface area (Å²) in [7, 11) is 0. The second-order valence-corrected chi connectivity index (χ2v) is 6.34. The average Bonchev–Trinajstić information content (AvgIpc) is 3.05. The molecule has 2 saturated heterocycles. The lowest BCUT2D eigenvalue weighted by Gasteiger charge is -2.37. The van der Waals surface area contributed by atoms with Gasteiger partial charge < -0.3 is 24.4 Å². The molecule has 1 aromatic rings. The molecule has 2 aliphatic rings. The zero-order chi connectivity index (χ0) is 16.8. The Morgan fingerprint density at radius 2 is 1.88 bits per heavy atom. The second kappa shape index (κ2) is 7.85. The van der Waals surface area contributed by atoms with Crippen LogP contribution in [0, 0.1) is 6.92 Å². The highest BCUT2D eigenvalue weighted by molar-refractivity contribution is 5.74. The summed E-state index contributed by atoms with van der Waals surface area (Å²) in [6.07, 6.45) is 2.28. The number of amides is 2. The maximum atomic E-state index is 12.2. The maximum absolute atomic E-state index is 12.2. The molecular weight excluding hydrogens is 308 g/mol. The monoisotopic (exact) mass is 334 g/mol. The molecule has 0 aromatic heterocycles. The number of ether oxygens (including phenoxy) is 3. The van der Waals surface area contributed by atoms with Gasteiger partial charge in [0.15, 0.2) is 5.79 Å². The van der Waals surface area contributed by atoms with Crippen LogP contribution in [0.3, 0.4) is 0 Å². The maximum Gasteiger partial charge on any atom is 0.317 e. The number of nitrogens with zero attached hydrogens (tertiary/aromatic N) is 1. The second-order valence-electron chi connectivity index (χ2n) is 6.34. The van der Waals surface area contributed by atoms with Crippen molar-refractivity contribution >= 4 is 6.03 Å². The van der Waals surface area contributed by atoms with Crippen molar-refractivity contribution in [3.8, 4) is 5.75 Å². The SMILES string of the molecule is Cc1ccc(OCCCNC(=O)N2CCC3(CC2)OCCO3)cc1. The topological polar surface area (TPSA) is 60.0 Å². The third kappa shape index (κ3) is 4.39. The van der Waals surface area contributed by atoms with Gasteiger partial charge in [-0.1, -0.05) is 17.7 Å². The Morgan fingerprint density at radius 1 is 1.21 bits per heavy atom. The number of hydrogen-bond acceptors (Lipinski definition) is 4. The van der Waals surface area contributed by atoms with E-state index in [4.69, 9.17) is 14.2 Å². The molecule has 0 saturated carbocycles. The van der Waals surface area contributed by atoms with Crippen LogP contribution in [0.15, 0.2) is 24.3 Å². The Hall–Kier alpha value is -1.79. The van der Waals surface area contributed by atoms with Crippen LogP contribution in [-0.2, 0) is 9.47 Å². The molecule has 2 fully saturated rings. The van der Waals surface area contributed by atoms with Crippen LogP contribution in [0.25, 0.3) is 0 Å². The smallest absolute Gasteiger partial charge is 0.317 e. The molecule has 1 aromatic carbocycles. The predicted octanol–water partition coefficient (Wildman–Crippen LogP) is 2.31. The molecule has 3 rings (SSSR count). The molecule has 6 nitrogen and oxygen atoms in total. The van der Waals surface area contributed by atoms with Crippen LogP contribution in [0.4, 0.5) is 4.79 Å². The highest BCUT2D eigenvalue weighted by Crippen LogP contribution is 2.31. The summed E-state index contributed by atoms with van der Waals surface area (Å²) < 4.78 is 17.0. The first-order valence-corrected chi connectivity index (χ1v) is 8.67. The number of benzene rings is 1. The molecule has 1 N–H and O–H groups in total. The van der Waals surface area contributed by atoms with Crippen molar-refractivity contribution < 1.29 is 19.0 Å². The van der Waals surface area contributed by atoms with E-state index in [2.05, 4.69) is 5.32 Å². The van der Waals surface area contributed by atoms with Crippen molar-refractivity contribution in [3.05, 3.63) is 29.8 Å². The minimum Gasteiger partial charge on any atom is -0.494 e. The van der Waals surface area contributed by atoms with E-state index in [9.17, 15) is 4.79 Å². The van der Waals surface area contributed by atoms with Crippen molar-refractivity contribution in [1.82, 2.24) is 10.2 Å². The van der Waals surface area contributed by atoms with Crippen LogP contribution in [0.1, 0.15) is 24.8 Å². The summed E-state index contributed by atoms with van der Waals surface area (Å²) in [4.78, 5) is 14.0. The Bertz CT molecular complexity index is 530. The normalized spacial score (nSPS) is 19.5. The van der Waals surface area contributed by atoms with Gasteiger partial charge in [-0.25, -0.2) is 4.79 Å². The van der Waals surface area contributed by atoms with Gasteiger partial charge >= 0.3 is 6.03 Å². The lowest BCUT2D eigenvalue weighted by Crippen LogP contribution is -2.50. The zero-order valence-electron chi connectivity index (χ0n) is 14.3. The summed E-state index contributed by atoms with van der Waals surface area (Å²) in [6, 6.07) is 7.96. The van der Waals surface area contributed by atoms with E-state index in [1.807, 2.05) is 36.1 Å². The highest BCUT2D eigenvalue weighted by Gasteiger charge is 2.40. The third-order valence-electron chi connectivity index (χ3n) is 4.51. The van der Waals surface area contributed by atoms with Gasteiger partial charge in [0, 0.05) is 32.5 Å². The fourth-order valence-corrected chi connectivity index (χ4v) is 3.04. The first-order chi connectivity index (χ1) is 11.7. The number of likely N-dealkylation sites (tertiary alicyclic amines) is 1. The standard InChI is InChI=1S/C18H26N2O4/c1-15-3-5-16(6-4-15)22-12-2-9-19-17(21)20-10-7-18(8-11-20)23-13-14-24-18/h3-6H,2,7-14H2,1H3,(H,19,21). The van der Waals surface area contributed by atoms with Crippen LogP contribution >= 0.6 is 0 Å². The number of rotatable bonds is 5. The molecule has 2 aliphatic heterocycles. The van der Waals surface area contributed by atoms with E-state index in [-0.39, 0.29) is 6.03 Å². The van der Waals surface area contributed by atoms with Crippen LogP contribution in [-0.4, -0.2) is 56.2 Å². The predicted molar refractivity (Wildman–Crippen MR) is 90.1 cm³/mol. The van der Waals surface area contributed by atoms with Crippen LogP contribution in [0.5, 0.6) is 5.75 Å². The van der Waals surface area contributed by atoms with E-state index < -0.39 is 5.79 Å². The highest BCUT2D eigenvalue weighted by atomic mass is 16.7. The summed E-state index contributed by atoms with van der Waals surface area (Å²) in [5.74, 6) is 0.434. The molecule has 1 spiro atoms. The van der Waals surface area contributed by atoms with Gasteiger partial charge in [-0.2, -0.15) is 0 Å². The third-order valence-corrected chi connectivity index (χ3v) is 4.51. The van der Waals surface area contributed by atoms with Crippen molar-refractivity contribution in [2.75, 3.05) is 39.5 Å². The van der Waals surface area contributed by atoms with Gasteiger partial charge in [-0.3, -0.25) is 0 Å². The van der Waals surface area contributed by atoms with E-state index in [1.165, 1.54) is 5.56 Å². The first-order valence-electron chi connectivity index (χ1n) is 8.67. The molecule has 6 heteroatoms. The minimum absolute atomic E-state index is 0.0156. The van der Waals surface area contributed by atoms with E-state index in [1.54, 1.807) is 0 Å². The Morgan fingerprint density at radius 3 is 2.54 bits per heavy atom. The molecule has 2 heterocycles. The largest absolute Gasteiger partial charge is 0.494 e.